The van der Waals surface area contributed by atoms with Crippen molar-refractivity contribution in [1.82, 2.24) is 5.32 Å². The first-order chi connectivity index (χ1) is 36.8. The third-order valence-electron chi connectivity index (χ3n) is 16.0. The highest BCUT2D eigenvalue weighted by Crippen LogP contribution is 2.23. The van der Waals surface area contributed by atoms with Crippen LogP contribution in [-0.2, 0) is 14.3 Å². The van der Waals surface area contributed by atoms with Crippen molar-refractivity contribution >= 4 is 5.91 Å². The normalized spacial score (nSPS) is 18.9. The number of hydrogen-bond acceptors (Lipinski definition) is 8. The number of aliphatic hydroxyl groups excluding tert-OH is 5. The zero-order valence-electron chi connectivity index (χ0n) is 49.6. The summed E-state index contributed by atoms with van der Waals surface area (Å²) >= 11 is 0. The molecule has 0 aromatic carbocycles. The molecular weight excluding hydrogens is 935 g/mol. The van der Waals surface area contributed by atoms with Gasteiger partial charge in [0.2, 0.25) is 5.91 Å². The zero-order valence-corrected chi connectivity index (χ0v) is 49.6. The second-order valence-electron chi connectivity index (χ2n) is 23.3. The fourth-order valence-corrected chi connectivity index (χ4v) is 10.8. The van der Waals surface area contributed by atoms with Gasteiger partial charge in [0.05, 0.1) is 25.4 Å². The molecule has 9 heteroatoms. The number of aliphatic hydroxyl groups is 5. The summed E-state index contributed by atoms with van der Waals surface area (Å²) in [6.07, 6.45) is 65.6. The van der Waals surface area contributed by atoms with Crippen molar-refractivity contribution in [2.24, 2.45) is 0 Å². The summed E-state index contributed by atoms with van der Waals surface area (Å²) in [7, 11) is 0. The summed E-state index contributed by atoms with van der Waals surface area (Å²) in [5.74, 6) is -0.174. The van der Waals surface area contributed by atoms with E-state index in [-0.39, 0.29) is 12.5 Å². The van der Waals surface area contributed by atoms with E-state index < -0.39 is 49.5 Å². The second kappa shape index (κ2) is 56.0. The maximum Gasteiger partial charge on any atom is 0.220 e. The molecule has 0 aromatic rings. The van der Waals surface area contributed by atoms with Gasteiger partial charge < -0.3 is 40.3 Å². The third kappa shape index (κ3) is 45.1. The molecule has 0 bridgehead atoms. The molecular formula is C66H127NO8. The first kappa shape index (κ1) is 71.7. The first-order valence-corrected chi connectivity index (χ1v) is 33.1. The number of carbonyl (C=O) groups excluding carboxylic acids is 1. The Morgan fingerprint density at radius 2 is 0.747 bits per heavy atom. The minimum atomic E-state index is -1.57. The van der Waals surface area contributed by atoms with Crippen molar-refractivity contribution in [1.29, 1.82) is 0 Å². The van der Waals surface area contributed by atoms with Gasteiger partial charge in [0, 0.05) is 6.42 Å². The van der Waals surface area contributed by atoms with Crippen LogP contribution in [0, 0.1) is 0 Å². The van der Waals surface area contributed by atoms with E-state index >= 15 is 0 Å². The minimum Gasteiger partial charge on any atom is -0.394 e. The second-order valence-corrected chi connectivity index (χ2v) is 23.3. The average Bonchev–Trinajstić information content (AvgIpc) is 3.41. The highest BCUT2D eigenvalue weighted by Gasteiger charge is 2.44. The molecule has 1 saturated heterocycles. The molecule has 6 N–H and O–H groups in total. The number of hydrogen-bond donors (Lipinski definition) is 6. The molecule has 0 aromatic heterocycles. The Hall–Kier alpha value is -1.33. The highest BCUT2D eigenvalue weighted by atomic mass is 16.7. The molecule has 1 amide bonds. The SMILES string of the molecule is CCCCCCCCCC/C=C\CCCCCCCCCCCC(=O)NC(COC1OC(CO)C(O)C(O)C1O)C(O)/C=C/CCCCCCCCCCCCCCCCCCCCCCCCCCCCCCC. The predicted molar refractivity (Wildman–Crippen MR) is 318 cm³/mol. The van der Waals surface area contributed by atoms with E-state index in [2.05, 4.69) is 31.3 Å². The van der Waals surface area contributed by atoms with E-state index in [0.29, 0.717) is 6.42 Å². The summed E-state index contributed by atoms with van der Waals surface area (Å²) in [6, 6.07) is -0.806. The van der Waals surface area contributed by atoms with Gasteiger partial charge in [-0.2, -0.15) is 0 Å². The fourth-order valence-electron chi connectivity index (χ4n) is 10.8. The van der Waals surface area contributed by atoms with Crippen LogP contribution in [0.15, 0.2) is 24.3 Å². The molecule has 0 aliphatic carbocycles. The Bertz CT molecular complexity index is 1230. The standard InChI is InChI=1S/C66H127NO8/c1-3-5-7-9-11-13-15-17-19-21-23-25-26-27-28-29-30-31-32-33-34-36-37-39-41-43-45-47-49-51-53-55-60(69)59(58-74-66-65(73)64(72)63(71)61(57-68)75-66)67-62(70)56-54-52-50-48-46-44-42-40-38-35-24-22-20-18-16-14-12-10-8-6-4-2/h22,24,53,55,59-61,63-66,68-69,71-73H,3-21,23,25-52,54,56-58H2,1-2H3,(H,67,70)/b24-22-,55-53+. The number of carbonyl (C=O) groups is 1. The lowest BCUT2D eigenvalue weighted by molar-refractivity contribution is -0.302. The summed E-state index contributed by atoms with van der Waals surface area (Å²) in [6.45, 7) is 3.83. The van der Waals surface area contributed by atoms with Crippen molar-refractivity contribution in [3.05, 3.63) is 24.3 Å². The molecule has 1 heterocycles. The summed E-state index contributed by atoms with van der Waals surface area (Å²) in [4.78, 5) is 13.1. The number of rotatable bonds is 58. The molecule has 0 saturated carbocycles. The van der Waals surface area contributed by atoms with Gasteiger partial charge in [0.25, 0.3) is 0 Å². The largest absolute Gasteiger partial charge is 0.394 e. The Balaban J connectivity index is 2.14. The number of unbranched alkanes of at least 4 members (excludes halogenated alkanes) is 46. The van der Waals surface area contributed by atoms with Crippen molar-refractivity contribution in [3.8, 4) is 0 Å². The Morgan fingerprint density at radius 3 is 1.08 bits per heavy atom. The van der Waals surface area contributed by atoms with E-state index in [1.54, 1.807) is 6.08 Å². The van der Waals surface area contributed by atoms with Gasteiger partial charge in [-0.05, 0) is 44.9 Å². The molecule has 7 unspecified atom stereocenters. The Labute approximate surface area is 464 Å². The van der Waals surface area contributed by atoms with Crippen LogP contribution in [0.3, 0.4) is 0 Å². The Kier molecular flexibility index (Phi) is 53.5. The van der Waals surface area contributed by atoms with Gasteiger partial charge in [0.15, 0.2) is 6.29 Å². The van der Waals surface area contributed by atoms with E-state index in [9.17, 15) is 30.3 Å². The number of allylic oxidation sites excluding steroid dienone is 3. The molecule has 9 nitrogen and oxygen atoms in total. The number of ether oxygens (including phenoxy) is 2. The van der Waals surface area contributed by atoms with Crippen LogP contribution in [0.4, 0.5) is 0 Å². The van der Waals surface area contributed by atoms with Gasteiger partial charge in [-0.15, -0.1) is 0 Å². The molecule has 1 aliphatic rings. The number of amides is 1. The van der Waals surface area contributed by atoms with Crippen LogP contribution in [-0.4, -0.2) is 87.5 Å². The third-order valence-corrected chi connectivity index (χ3v) is 16.0. The topological polar surface area (TPSA) is 149 Å². The summed E-state index contributed by atoms with van der Waals surface area (Å²) < 4.78 is 11.3. The maximum absolute atomic E-state index is 13.1. The Morgan fingerprint density at radius 1 is 0.440 bits per heavy atom. The van der Waals surface area contributed by atoms with Crippen LogP contribution >= 0.6 is 0 Å². The van der Waals surface area contributed by atoms with Crippen LogP contribution in [0.1, 0.15) is 335 Å². The first-order valence-electron chi connectivity index (χ1n) is 33.1. The van der Waals surface area contributed by atoms with Gasteiger partial charge in [0.1, 0.15) is 24.4 Å². The van der Waals surface area contributed by atoms with Gasteiger partial charge in [-0.25, -0.2) is 0 Å². The van der Waals surface area contributed by atoms with Crippen molar-refractivity contribution in [2.75, 3.05) is 13.2 Å². The van der Waals surface area contributed by atoms with E-state index in [0.717, 1.165) is 38.5 Å². The molecule has 7 atom stereocenters. The predicted octanol–water partition coefficient (Wildman–Crippen LogP) is 17.3. The molecule has 1 fully saturated rings. The van der Waals surface area contributed by atoms with E-state index in [1.807, 2.05) is 6.08 Å². The zero-order chi connectivity index (χ0) is 54.3. The molecule has 0 spiro atoms. The van der Waals surface area contributed by atoms with Gasteiger partial charge >= 0.3 is 0 Å². The number of nitrogens with one attached hydrogen (secondary N) is 1. The lowest BCUT2D eigenvalue weighted by atomic mass is 9.99. The van der Waals surface area contributed by atoms with Crippen LogP contribution in [0.25, 0.3) is 0 Å². The van der Waals surface area contributed by atoms with Crippen LogP contribution in [0.5, 0.6) is 0 Å². The van der Waals surface area contributed by atoms with Crippen molar-refractivity contribution < 1.29 is 39.8 Å². The van der Waals surface area contributed by atoms with Crippen molar-refractivity contribution in [2.45, 2.75) is 378 Å². The summed E-state index contributed by atoms with van der Waals surface area (Å²) in [5, 5.41) is 54.7. The lowest BCUT2D eigenvalue weighted by Gasteiger charge is -2.40. The minimum absolute atomic E-state index is 0.174. The van der Waals surface area contributed by atoms with E-state index in [4.69, 9.17) is 9.47 Å². The molecule has 444 valence electrons. The molecule has 75 heavy (non-hydrogen) atoms. The quantitative estimate of drug-likeness (QED) is 0.0261. The van der Waals surface area contributed by atoms with Gasteiger partial charge in [-0.1, -0.05) is 308 Å². The van der Waals surface area contributed by atoms with Crippen molar-refractivity contribution in [3.63, 3.8) is 0 Å². The lowest BCUT2D eigenvalue weighted by Crippen LogP contribution is -2.60. The maximum atomic E-state index is 13.1. The monoisotopic (exact) mass is 1060 g/mol. The smallest absolute Gasteiger partial charge is 0.220 e. The van der Waals surface area contributed by atoms with Crippen LogP contribution in [0.2, 0.25) is 0 Å². The van der Waals surface area contributed by atoms with Crippen LogP contribution < -0.4 is 5.32 Å². The van der Waals surface area contributed by atoms with E-state index in [1.165, 1.54) is 276 Å². The highest BCUT2D eigenvalue weighted by molar-refractivity contribution is 5.76. The fraction of sp³-hybridized carbons (Fsp3) is 0.924. The summed E-state index contributed by atoms with van der Waals surface area (Å²) in [5.41, 5.74) is 0. The molecule has 1 aliphatic heterocycles. The molecule has 1 rings (SSSR count). The average molecular weight is 1060 g/mol. The van der Waals surface area contributed by atoms with Gasteiger partial charge in [-0.3, -0.25) is 4.79 Å². The molecule has 0 radical (unpaired) electrons.